The van der Waals surface area contributed by atoms with Gasteiger partial charge in [0, 0.05) is 44.6 Å². The average Bonchev–Trinajstić information content (AvgIpc) is 3.14. The van der Waals surface area contributed by atoms with E-state index in [1.165, 1.54) is 36.4 Å². The third kappa shape index (κ3) is 9.37. The molecule has 2 saturated heterocycles. The van der Waals surface area contributed by atoms with Crippen molar-refractivity contribution < 1.29 is 35.4 Å². The van der Waals surface area contributed by atoms with Gasteiger partial charge in [0.25, 0.3) is 20.2 Å². The lowest BCUT2D eigenvalue weighted by molar-refractivity contribution is 0.122. The summed E-state index contributed by atoms with van der Waals surface area (Å²) in [5.74, 6) is 0.933. The second-order valence-electron chi connectivity index (χ2n) is 11.3. The number of nitrogens with one attached hydrogen (secondary N) is 4. The minimum atomic E-state index is -4.83. The molecule has 4 aromatic rings. The quantitative estimate of drug-likeness (QED) is 0.0519. The number of benzene rings is 2. The van der Waals surface area contributed by atoms with Gasteiger partial charge < -0.3 is 35.2 Å². The van der Waals surface area contributed by atoms with Gasteiger partial charge in [0.15, 0.2) is 6.19 Å². The molecule has 0 amide bonds. The molecule has 0 saturated carbocycles. The third-order valence-corrected chi connectivity index (χ3v) is 9.58. The molecule has 6 rings (SSSR count). The van der Waals surface area contributed by atoms with Crippen molar-refractivity contribution in [2.24, 2.45) is 0 Å². The monoisotopic (exact) mass is 767 g/mol. The molecule has 6 N–H and O–H groups in total. The van der Waals surface area contributed by atoms with Gasteiger partial charge in [-0.25, -0.2) is 0 Å². The summed E-state index contributed by atoms with van der Waals surface area (Å²) in [6, 6.07) is 8.01. The van der Waals surface area contributed by atoms with Gasteiger partial charge in [-0.1, -0.05) is 24.3 Å². The van der Waals surface area contributed by atoms with Crippen LogP contribution >= 0.6 is 0 Å². The molecule has 53 heavy (non-hydrogen) atoms. The van der Waals surface area contributed by atoms with Crippen molar-refractivity contribution in [3.63, 3.8) is 0 Å². The van der Waals surface area contributed by atoms with Gasteiger partial charge in [-0.05, 0) is 35.4 Å². The van der Waals surface area contributed by atoms with Crippen LogP contribution in [0.5, 0.6) is 0 Å². The topological polar surface area (TPSA) is 283 Å². The van der Waals surface area contributed by atoms with Gasteiger partial charge >= 0.3 is 0 Å². The highest BCUT2D eigenvalue weighted by Crippen LogP contribution is 2.29. The minimum Gasteiger partial charge on any atom is -0.378 e. The van der Waals surface area contributed by atoms with Crippen LogP contribution in [0.1, 0.15) is 11.1 Å². The number of ether oxygens (including phenoxy) is 2. The molecule has 2 aromatic carbocycles. The van der Waals surface area contributed by atoms with Crippen LogP contribution in [0.15, 0.2) is 46.2 Å². The zero-order valence-corrected chi connectivity index (χ0v) is 29.6. The summed E-state index contributed by atoms with van der Waals surface area (Å²) in [6.07, 6.45) is 4.28. The molecule has 0 unspecified atom stereocenters. The molecule has 0 atom stereocenters. The van der Waals surface area contributed by atoms with Crippen molar-refractivity contribution in [3.8, 4) is 6.19 Å². The first kappa shape index (κ1) is 37.0. The Balaban J connectivity index is 1.27. The first-order chi connectivity index (χ1) is 25.4. The van der Waals surface area contributed by atoms with E-state index in [0.29, 0.717) is 58.6 Å². The van der Waals surface area contributed by atoms with Crippen LogP contribution in [-0.4, -0.2) is 115 Å². The number of aromatic nitrogens is 6. The predicted octanol–water partition coefficient (Wildman–Crippen LogP) is 1.82. The van der Waals surface area contributed by atoms with E-state index < -0.39 is 30.0 Å². The summed E-state index contributed by atoms with van der Waals surface area (Å²) in [4.78, 5) is 28.6. The van der Waals surface area contributed by atoms with Gasteiger partial charge in [-0.15, -0.1) is 0 Å². The van der Waals surface area contributed by atoms with Crippen LogP contribution < -0.4 is 31.1 Å². The fraction of sp³-hybridized carbons (Fsp3) is 0.300. The van der Waals surface area contributed by atoms with E-state index in [9.17, 15) is 25.9 Å². The highest BCUT2D eigenvalue weighted by Gasteiger charge is 2.21. The molecule has 2 aromatic heterocycles. The number of hydrogen-bond acceptors (Lipinski definition) is 19. The van der Waals surface area contributed by atoms with Crippen LogP contribution in [0, 0.1) is 11.5 Å². The second-order valence-corrected chi connectivity index (χ2v) is 14.1. The van der Waals surface area contributed by atoms with Gasteiger partial charge in [0.1, 0.15) is 9.79 Å². The Labute approximate surface area is 303 Å². The van der Waals surface area contributed by atoms with Crippen LogP contribution in [0.25, 0.3) is 12.2 Å². The summed E-state index contributed by atoms with van der Waals surface area (Å²) in [7, 11) is -7.99. The lowest BCUT2D eigenvalue weighted by Crippen LogP contribution is -2.37. The Morgan fingerprint density at radius 1 is 0.679 bits per heavy atom. The first-order valence-corrected chi connectivity index (χ1v) is 18.7. The highest BCUT2D eigenvalue weighted by molar-refractivity contribution is 7.86. The smallest absolute Gasteiger partial charge is 0.295 e. The van der Waals surface area contributed by atoms with Crippen LogP contribution in [-0.2, 0) is 29.7 Å². The number of nitriles is 1. The fourth-order valence-electron chi connectivity index (χ4n) is 5.25. The summed E-state index contributed by atoms with van der Waals surface area (Å²) in [5.41, 5.74) is 0.356. The standard InChI is InChI=1S/C30H33N13O8S2/c1-32-25-36-27(40-29(38-25)42-8-12-50-13-9-42)34-21-6-4-19(23(16-21)52(44,45)46)2-3-20-5-7-22(17-24(20)53(47,48)49)35-28-37-26(33-18-31)39-30(41-28)43-10-14-51-15-11-43/h2-7,16-17H,8-15H2,1H3,(H,44,45,46)(H,47,48,49)(H2,32,34,36,38,40)(H2,33,35,37,39,41)/b3-2+. The molecular weight excluding hydrogens is 735 g/mol. The van der Waals surface area contributed by atoms with E-state index in [1.54, 1.807) is 13.2 Å². The van der Waals surface area contributed by atoms with E-state index in [-0.39, 0.29) is 52.2 Å². The minimum absolute atomic E-state index is 0.000422. The number of rotatable bonds is 12. The molecule has 0 spiro atoms. The molecule has 23 heteroatoms. The summed E-state index contributed by atoms with van der Waals surface area (Å²) in [5, 5.41) is 20.1. The Kier molecular flexibility index (Phi) is 11.1. The lowest BCUT2D eigenvalue weighted by atomic mass is 10.1. The van der Waals surface area contributed by atoms with Crippen molar-refractivity contribution in [3.05, 3.63) is 47.5 Å². The zero-order chi connectivity index (χ0) is 37.6. The molecule has 278 valence electrons. The SMILES string of the molecule is CNc1nc(Nc2ccc(/C=C/c3ccc(Nc4nc(NC#N)nc(N5CCOCC5)n4)cc3S(=O)(=O)O)c(S(=O)(=O)O)c2)nc(N2CCOCC2)n1. The zero-order valence-electron chi connectivity index (χ0n) is 28.0. The largest absolute Gasteiger partial charge is 0.378 e. The van der Waals surface area contributed by atoms with E-state index in [2.05, 4.69) is 51.2 Å². The number of nitrogens with zero attached hydrogens (tertiary/aromatic N) is 9. The van der Waals surface area contributed by atoms with Crippen molar-refractivity contribution in [2.75, 3.05) is 90.7 Å². The van der Waals surface area contributed by atoms with Crippen molar-refractivity contribution in [1.82, 2.24) is 29.9 Å². The number of morpholine rings is 2. The van der Waals surface area contributed by atoms with Crippen LogP contribution in [0.4, 0.5) is 47.1 Å². The van der Waals surface area contributed by atoms with E-state index in [0.717, 1.165) is 12.1 Å². The predicted molar refractivity (Wildman–Crippen MR) is 193 cm³/mol. The molecule has 21 nitrogen and oxygen atoms in total. The normalized spacial score (nSPS) is 15.2. The molecule has 0 aliphatic carbocycles. The average molecular weight is 768 g/mol. The summed E-state index contributed by atoms with van der Waals surface area (Å²) >= 11 is 0. The van der Waals surface area contributed by atoms with E-state index in [1.807, 2.05) is 9.80 Å². The van der Waals surface area contributed by atoms with Crippen LogP contribution in [0.3, 0.4) is 0 Å². The molecule has 0 bridgehead atoms. The Morgan fingerprint density at radius 3 is 1.51 bits per heavy atom. The number of anilines is 8. The highest BCUT2D eigenvalue weighted by atomic mass is 32.2. The van der Waals surface area contributed by atoms with Gasteiger partial charge in [-0.3, -0.25) is 14.4 Å². The molecule has 2 fully saturated rings. The Hall–Kier alpha value is -5.77. The molecule has 4 heterocycles. The van der Waals surface area contributed by atoms with Crippen molar-refractivity contribution in [2.45, 2.75) is 9.79 Å². The van der Waals surface area contributed by atoms with Crippen LogP contribution in [0.2, 0.25) is 0 Å². The molecule has 0 radical (unpaired) electrons. The van der Waals surface area contributed by atoms with E-state index in [4.69, 9.17) is 14.7 Å². The van der Waals surface area contributed by atoms with E-state index >= 15 is 0 Å². The first-order valence-electron chi connectivity index (χ1n) is 15.9. The lowest BCUT2D eigenvalue weighted by Gasteiger charge is -2.27. The van der Waals surface area contributed by atoms with Gasteiger partial charge in [0.2, 0.25) is 35.7 Å². The molecule has 2 aliphatic heterocycles. The number of hydrogen-bond donors (Lipinski definition) is 6. The fourth-order valence-corrected chi connectivity index (χ4v) is 6.67. The molecular formula is C30H33N13O8S2. The van der Waals surface area contributed by atoms with Crippen molar-refractivity contribution in [1.29, 1.82) is 5.26 Å². The summed E-state index contributed by atoms with van der Waals surface area (Å²) in [6.45, 7) is 4.02. The second kappa shape index (κ2) is 15.9. The Morgan fingerprint density at radius 2 is 1.09 bits per heavy atom. The maximum absolute atomic E-state index is 12.5. The summed E-state index contributed by atoms with van der Waals surface area (Å²) < 4.78 is 81.0. The van der Waals surface area contributed by atoms with Crippen molar-refractivity contribution >= 4 is 79.5 Å². The third-order valence-electron chi connectivity index (χ3n) is 7.76. The Bertz CT molecular complexity index is 2280. The van der Waals surface area contributed by atoms with Gasteiger partial charge in [0.05, 0.1) is 26.4 Å². The molecule has 2 aliphatic rings. The van der Waals surface area contributed by atoms with Gasteiger partial charge in [-0.2, -0.15) is 52.0 Å². The maximum Gasteiger partial charge on any atom is 0.295 e. The maximum atomic E-state index is 12.5.